The third kappa shape index (κ3) is 4.89. The number of hydrogen-bond acceptors (Lipinski definition) is 3. The lowest BCUT2D eigenvalue weighted by Gasteiger charge is -2.34. The lowest BCUT2D eigenvalue weighted by molar-refractivity contribution is 0.181. The predicted molar refractivity (Wildman–Crippen MR) is 99.0 cm³/mol. The van der Waals surface area contributed by atoms with Crippen molar-refractivity contribution in [2.75, 3.05) is 13.1 Å². The van der Waals surface area contributed by atoms with Gasteiger partial charge < -0.3 is 5.32 Å². The summed E-state index contributed by atoms with van der Waals surface area (Å²) in [4.78, 5) is 2.35. The standard InChI is InChI=1S/C20H29FN4/c1-15-12-17(3)25(23-15)13-16(2)22-19-8-10-24(11-9-19)14-18-6-4-5-7-20(18)21/h4-7,12,16,19,22H,8-11,13-14H2,1-3H3. The van der Waals surface area contributed by atoms with Gasteiger partial charge in [-0.05, 0) is 58.8 Å². The summed E-state index contributed by atoms with van der Waals surface area (Å²) in [5, 5.41) is 8.28. The number of likely N-dealkylation sites (tertiary alicyclic amines) is 1. The number of nitrogens with one attached hydrogen (secondary N) is 1. The lowest BCUT2D eigenvalue weighted by Crippen LogP contribution is -2.46. The fraction of sp³-hybridized carbons (Fsp3) is 0.550. The second-order valence-corrected chi connectivity index (χ2v) is 7.32. The smallest absolute Gasteiger partial charge is 0.127 e. The molecule has 1 unspecified atom stereocenters. The molecule has 0 spiro atoms. The fourth-order valence-electron chi connectivity index (χ4n) is 3.70. The molecule has 136 valence electrons. The zero-order valence-electron chi connectivity index (χ0n) is 15.5. The molecule has 1 fully saturated rings. The van der Waals surface area contributed by atoms with Crippen molar-refractivity contribution < 1.29 is 4.39 Å². The minimum Gasteiger partial charge on any atom is -0.310 e. The molecule has 1 aliphatic heterocycles. The van der Waals surface area contributed by atoms with E-state index in [1.807, 2.05) is 19.1 Å². The van der Waals surface area contributed by atoms with Crippen LogP contribution in [0.1, 0.15) is 36.7 Å². The third-order valence-electron chi connectivity index (χ3n) is 5.01. The maximum atomic E-state index is 13.8. The molecule has 2 heterocycles. The predicted octanol–water partition coefficient (Wildman–Crippen LogP) is 3.28. The number of hydrogen-bond donors (Lipinski definition) is 1. The Morgan fingerprint density at radius 2 is 1.96 bits per heavy atom. The molecule has 1 aromatic carbocycles. The summed E-state index contributed by atoms with van der Waals surface area (Å²) in [6.45, 7) is 10.00. The summed E-state index contributed by atoms with van der Waals surface area (Å²) >= 11 is 0. The average Bonchev–Trinajstić information content (AvgIpc) is 2.88. The number of aryl methyl sites for hydroxylation is 2. The molecule has 0 radical (unpaired) electrons. The Kier molecular flexibility index (Phi) is 5.86. The van der Waals surface area contributed by atoms with E-state index in [4.69, 9.17) is 0 Å². The molecule has 0 bridgehead atoms. The van der Waals surface area contributed by atoms with Gasteiger partial charge in [-0.1, -0.05) is 18.2 Å². The Morgan fingerprint density at radius 3 is 2.60 bits per heavy atom. The number of piperidine rings is 1. The maximum absolute atomic E-state index is 13.8. The van der Waals surface area contributed by atoms with Crippen LogP contribution in [-0.2, 0) is 13.1 Å². The molecule has 1 aliphatic rings. The minimum atomic E-state index is -0.0961. The molecular weight excluding hydrogens is 315 g/mol. The Hall–Kier alpha value is -1.72. The summed E-state index contributed by atoms with van der Waals surface area (Å²) in [6, 6.07) is 10.1. The van der Waals surface area contributed by atoms with Crippen LogP contribution < -0.4 is 5.32 Å². The van der Waals surface area contributed by atoms with Gasteiger partial charge in [0.1, 0.15) is 5.82 Å². The first-order valence-corrected chi connectivity index (χ1v) is 9.24. The van der Waals surface area contributed by atoms with E-state index in [2.05, 4.69) is 39.9 Å². The van der Waals surface area contributed by atoms with Crippen molar-refractivity contribution in [2.24, 2.45) is 0 Å². The first-order valence-electron chi connectivity index (χ1n) is 9.24. The Labute approximate surface area is 150 Å². The summed E-state index contributed by atoms with van der Waals surface area (Å²) in [5.41, 5.74) is 3.09. The van der Waals surface area contributed by atoms with Crippen molar-refractivity contribution >= 4 is 0 Å². The highest BCUT2D eigenvalue weighted by Gasteiger charge is 2.21. The first kappa shape index (κ1) is 18.1. The van der Waals surface area contributed by atoms with Crippen LogP contribution in [0.3, 0.4) is 0 Å². The van der Waals surface area contributed by atoms with Crippen molar-refractivity contribution in [3.63, 3.8) is 0 Å². The molecule has 2 aromatic rings. The lowest BCUT2D eigenvalue weighted by atomic mass is 10.0. The van der Waals surface area contributed by atoms with Gasteiger partial charge in [0, 0.05) is 29.9 Å². The van der Waals surface area contributed by atoms with E-state index in [0.717, 1.165) is 43.7 Å². The number of rotatable bonds is 6. The maximum Gasteiger partial charge on any atom is 0.127 e. The van der Waals surface area contributed by atoms with E-state index in [9.17, 15) is 4.39 Å². The number of nitrogens with zero attached hydrogens (tertiary/aromatic N) is 3. The highest BCUT2D eigenvalue weighted by Crippen LogP contribution is 2.16. The fourth-order valence-corrected chi connectivity index (χ4v) is 3.70. The molecule has 5 heteroatoms. The van der Waals surface area contributed by atoms with Gasteiger partial charge in [0.05, 0.1) is 12.2 Å². The first-order chi connectivity index (χ1) is 12.0. The Morgan fingerprint density at radius 1 is 1.24 bits per heavy atom. The summed E-state index contributed by atoms with van der Waals surface area (Å²) < 4.78 is 15.9. The third-order valence-corrected chi connectivity index (χ3v) is 5.01. The zero-order valence-corrected chi connectivity index (χ0v) is 15.5. The van der Waals surface area contributed by atoms with Gasteiger partial charge in [-0.25, -0.2) is 4.39 Å². The van der Waals surface area contributed by atoms with Gasteiger partial charge in [0.25, 0.3) is 0 Å². The van der Waals surface area contributed by atoms with E-state index in [1.54, 1.807) is 12.1 Å². The monoisotopic (exact) mass is 344 g/mol. The van der Waals surface area contributed by atoms with Crippen molar-refractivity contribution in [3.05, 3.63) is 53.1 Å². The molecule has 25 heavy (non-hydrogen) atoms. The van der Waals surface area contributed by atoms with Crippen LogP contribution >= 0.6 is 0 Å². The Bertz CT molecular complexity index is 689. The highest BCUT2D eigenvalue weighted by molar-refractivity contribution is 5.17. The van der Waals surface area contributed by atoms with Crippen molar-refractivity contribution in [1.29, 1.82) is 0 Å². The van der Waals surface area contributed by atoms with E-state index < -0.39 is 0 Å². The van der Waals surface area contributed by atoms with Gasteiger partial charge >= 0.3 is 0 Å². The van der Waals surface area contributed by atoms with E-state index in [0.29, 0.717) is 18.6 Å². The largest absolute Gasteiger partial charge is 0.310 e. The molecule has 0 amide bonds. The molecule has 4 nitrogen and oxygen atoms in total. The van der Waals surface area contributed by atoms with Gasteiger partial charge in [-0.2, -0.15) is 5.10 Å². The Balaban J connectivity index is 1.44. The normalized spacial score (nSPS) is 17.8. The van der Waals surface area contributed by atoms with Crippen LogP contribution in [0.4, 0.5) is 4.39 Å². The number of benzene rings is 1. The van der Waals surface area contributed by atoms with E-state index in [1.165, 1.54) is 5.69 Å². The number of aromatic nitrogens is 2. The van der Waals surface area contributed by atoms with Gasteiger partial charge in [0.2, 0.25) is 0 Å². The summed E-state index contributed by atoms with van der Waals surface area (Å²) in [6.07, 6.45) is 2.21. The van der Waals surface area contributed by atoms with Crippen molar-refractivity contribution in [1.82, 2.24) is 20.0 Å². The highest BCUT2D eigenvalue weighted by atomic mass is 19.1. The topological polar surface area (TPSA) is 33.1 Å². The molecule has 0 aliphatic carbocycles. The number of halogens is 1. The minimum absolute atomic E-state index is 0.0961. The molecule has 1 N–H and O–H groups in total. The van der Waals surface area contributed by atoms with Crippen LogP contribution in [0, 0.1) is 19.7 Å². The average molecular weight is 344 g/mol. The van der Waals surface area contributed by atoms with Crippen LogP contribution in [-0.4, -0.2) is 39.9 Å². The summed E-state index contributed by atoms with van der Waals surface area (Å²) in [5.74, 6) is -0.0961. The van der Waals surface area contributed by atoms with Crippen LogP contribution in [0.15, 0.2) is 30.3 Å². The second kappa shape index (κ2) is 8.11. The molecular formula is C20H29FN4. The SMILES string of the molecule is Cc1cc(C)n(CC(C)NC2CCN(Cc3ccccc3F)CC2)n1. The van der Waals surface area contributed by atoms with Crippen molar-refractivity contribution in [2.45, 2.75) is 58.8 Å². The molecule has 0 saturated carbocycles. The van der Waals surface area contributed by atoms with Gasteiger partial charge in [-0.15, -0.1) is 0 Å². The van der Waals surface area contributed by atoms with E-state index in [-0.39, 0.29) is 5.82 Å². The zero-order chi connectivity index (χ0) is 17.8. The van der Waals surface area contributed by atoms with Crippen LogP contribution in [0.2, 0.25) is 0 Å². The molecule has 3 rings (SSSR count). The van der Waals surface area contributed by atoms with Crippen molar-refractivity contribution in [3.8, 4) is 0 Å². The molecule has 1 saturated heterocycles. The molecule has 1 aromatic heterocycles. The quantitative estimate of drug-likeness (QED) is 0.873. The van der Waals surface area contributed by atoms with Crippen LogP contribution in [0.5, 0.6) is 0 Å². The van der Waals surface area contributed by atoms with E-state index >= 15 is 0 Å². The summed E-state index contributed by atoms with van der Waals surface area (Å²) in [7, 11) is 0. The van der Waals surface area contributed by atoms with Crippen LogP contribution in [0.25, 0.3) is 0 Å². The van der Waals surface area contributed by atoms with Gasteiger partial charge in [0.15, 0.2) is 0 Å². The second-order valence-electron chi connectivity index (χ2n) is 7.32. The molecule has 1 atom stereocenters. The van der Waals surface area contributed by atoms with Gasteiger partial charge in [-0.3, -0.25) is 9.58 Å².